The number of carboxylic acid groups (broad SMARTS) is 1. The Morgan fingerprint density at radius 3 is 1.88 bits per heavy atom. The summed E-state index contributed by atoms with van der Waals surface area (Å²) in [5.74, 6) is -0.876. The molecule has 0 aliphatic carbocycles. The van der Waals surface area contributed by atoms with Crippen LogP contribution >= 0.6 is 0 Å². The van der Waals surface area contributed by atoms with Crippen LogP contribution in [0.3, 0.4) is 0 Å². The molecular formula is C14H12O2Se. The van der Waals surface area contributed by atoms with Crippen LogP contribution in [0, 0.1) is 6.92 Å². The number of aryl methyl sites for hydroxylation is 1. The number of carboxylic acids is 1. The standard InChI is InChI=1S/C14H12O2Se/c1-10-2-6-12(7-3-10)17-13-8-4-11(5-9-13)14(15)16/h2-9H,1H3,(H,15,16). The summed E-state index contributed by atoms with van der Waals surface area (Å²) < 4.78 is 2.48. The van der Waals surface area contributed by atoms with E-state index in [4.69, 9.17) is 5.11 Å². The van der Waals surface area contributed by atoms with Gasteiger partial charge in [0.2, 0.25) is 0 Å². The zero-order valence-corrected chi connectivity index (χ0v) is 11.1. The molecule has 0 aliphatic rings. The molecule has 2 aromatic carbocycles. The fourth-order valence-corrected chi connectivity index (χ4v) is 3.12. The van der Waals surface area contributed by atoms with Crippen LogP contribution < -0.4 is 8.92 Å². The van der Waals surface area contributed by atoms with Gasteiger partial charge >= 0.3 is 106 Å². The second-order valence-corrected chi connectivity index (χ2v) is 6.15. The van der Waals surface area contributed by atoms with E-state index in [-0.39, 0.29) is 15.0 Å². The molecule has 0 aliphatic heterocycles. The van der Waals surface area contributed by atoms with Crippen molar-refractivity contribution in [3.8, 4) is 0 Å². The minimum absolute atomic E-state index is 0.241. The van der Waals surface area contributed by atoms with Gasteiger partial charge < -0.3 is 0 Å². The first-order valence-electron chi connectivity index (χ1n) is 5.23. The molecule has 0 bridgehead atoms. The van der Waals surface area contributed by atoms with Gasteiger partial charge in [0.05, 0.1) is 0 Å². The van der Waals surface area contributed by atoms with Crippen LogP contribution in [0.5, 0.6) is 0 Å². The van der Waals surface area contributed by atoms with Crippen LogP contribution in [0.15, 0.2) is 48.5 Å². The Morgan fingerprint density at radius 1 is 0.941 bits per heavy atom. The quantitative estimate of drug-likeness (QED) is 0.867. The summed E-state index contributed by atoms with van der Waals surface area (Å²) in [6.45, 7) is 2.07. The molecule has 17 heavy (non-hydrogen) atoms. The van der Waals surface area contributed by atoms with E-state index in [1.54, 1.807) is 12.1 Å². The van der Waals surface area contributed by atoms with Gasteiger partial charge in [-0.05, 0) is 0 Å². The Kier molecular flexibility index (Phi) is 3.62. The number of hydrogen-bond acceptors (Lipinski definition) is 1. The third kappa shape index (κ3) is 3.19. The first kappa shape index (κ1) is 11.9. The fourth-order valence-electron chi connectivity index (χ4n) is 1.41. The van der Waals surface area contributed by atoms with Crippen molar-refractivity contribution in [3.05, 3.63) is 59.7 Å². The van der Waals surface area contributed by atoms with Gasteiger partial charge in [0.15, 0.2) is 0 Å². The van der Waals surface area contributed by atoms with Gasteiger partial charge in [-0.15, -0.1) is 0 Å². The molecule has 86 valence electrons. The fraction of sp³-hybridized carbons (Fsp3) is 0.0714. The summed E-state index contributed by atoms with van der Waals surface area (Å²) in [5, 5.41) is 8.80. The summed E-state index contributed by atoms with van der Waals surface area (Å²) in [5.41, 5.74) is 1.60. The van der Waals surface area contributed by atoms with Crippen LogP contribution in [0.25, 0.3) is 0 Å². The Hall–Kier alpha value is -1.57. The number of rotatable bonds is 3. The van der Waals surface area contributed by atoms with E-state index in [1.165, 1.54) is 14.5 Å². The molecule has 0 heterocycles. The number of aromatic carboxylic acids is 1. The summed E-state index contributed by atoms with van der Waals surface area (Å²) >= 11 is 0.241. The zero-order chi connectivity index (χ0) is 12.3. The van der Waals surface area contributed by atoms with Crippen molar-refractivity contribution in [2.45, 2.75) is 6.92 Å². The molecule has 0 saturated heterocycles. The molecule has 0 atom stereocenters. The predicted molar refractivity (Wildman–Crippen MR) is 69.6 cm³/mol. The molecule has 1 N–H and O–H groups in total. The Bertz CT molecular complexity index is 515. The maximum atomic E-state index is 10.7. The van der Waals surface area contributed by atoms with E-state index in [9.17, 15) is 4.79 Å². The van der Waals surface area contributed by atoms with Gasteiger partial charge in [0, 0.05) is 0 Å². The zero-order valence-electron chi connectivity index (χ0n) is 9.38. The van der Waals surface area contributed by atoms with E-state index in [0.717, 1.165) is 0 Å². The van der Waals surface area contributed by atoms with Crippen molar-refractivity contribution in [2.24, 2.45) is 0 Å². The van der Waals surface area contributed by atoms with Crippen LogP contribution in [0.4, 0.5) is 0 Å². The minimum atomic E-state index is -0.876. The predicted octanol–water partition coefficient (Wildman–Crippen LogP) is 1.35. The van der Waals surface area contributed by atoms with Gasteiger partial charge in [-0.2, -0.15) is 0 Å². The van der Waals surface area contributed by atoms with Crippen LogP contribution in [-0.4, -0.2) is 26.0 Å². The average Bonchev–Trinajstić information content (AvgIpc) is 2.33. The average molecular weight is 291 g/mol. The van der Waals surface area contributed by atoms with Crippen molar-refractivity contribution >= 4 is 29.8 Å². The molecule has 0 aromatic heterocycles. The summed E-state index contributed by atoms with van der Waals surface area (Å²) in [6.07, 6.45) is 0. The third-order valence-corrected chi connectivity index (χ3v) is 4.49. The van der Waals surface area contributed by atoms with E-state index < -0.39 is 5.97 Å². The van der Waals surface area contributed by atoms with E-state index in [1.807, 2.05) is 12.1 Å². The molecule has 0 spiro atoms. The maximum absolute atomic E-state index is 10.7. The molecule has 0 unspecified atom stereocenters. The number of hydrogen-bond donors (Lipinski definition) is 1. The second-order valence-electron chi connectivity index (χ2n) is 3.74. The number of benzene rings is 2. The summed E-state index contributed by atoms with van der Waals surface area (Å²) in [4.78, 5) is 10.7. The Labute approximate surface area is 106 Å². The Balaban J connectivity index is 2.13. The molecule has 3 heteroatoms. The van der Waals surface area contributed by atoms with Gasteiger partial charge in [0.25, 0.3) is 0 Å². The van der Waals surface area contributed by atoms with Gasteiger partial charge in [-0.1, -0.05) is 0 Å². The van der Waals surface area contributed by atoms with E-state index in [2.05, 4.69) is 31.2 Å². The topological polar surface area (TPSA) is 37.3 Å². The first-order chi connectivity index (χ1) is 8.15. The van der Waals surface area contributed by atoms with Gasteiger partial charge in [0.1, 0.15) is 0 Å². The van der Waals surface area contributed by atoms with Crippen LogP contribution in [-0.2, 0) is 0 Å². The number of carbonyl (C=O) groups is 1. The van der Waals surface area contributed by atoms with Crippen LogP contribution in [0.2, 0.25) is 0 Å². The monoisotopic (exact) mass is 292 g/mol. The van der Waals surface area contributed by atoms with Crippen molar-refractivity contribution in [1.82, 2.24) is 0 Å². The molecule has 2 rings (SSSR count). The van der Waals surface area contributed by atoms with Gasteiger partial charge in [-0.25, -0.2) is 0 Å². The molecular weight excluding hydrogens is 279 g/mol. The molecule has 2 nitrogen and oxygen atoms in total. The van der Waals surface area contributed by atoms with E-state index >= 15 is 0 Å². The molecule has 2 aromatic rings. The molecule has 0 saturated carbocycles. The third-order valence-electron chi connectivity index (χ3n) is 2.36. The van der Waals surface area contributed by atoms with E-state index in [0.29, 0.717) is 5.56 Å². The summed E-state index contributed by atoms with van der Waals surface area (Å²) in [6, 6.07) is 15.6. The first-order valence-corrected chi connectivity index (χ1v) is 6.94. The SMILES string of the molecule is Cc1ccc([Se]c2ccc(C(=O)O)cc2)cc1. The molecule has 0 amide bonds. The normalized spacial score (nSPS) is 10.2. The van der Waals surface area contributed by atoms with Crippen molar-refractivity contribution in [1.29, 1.82) is 0 Å². The van der Waals surface area contributed by atoms with Gasteiger partial charge in [-0.3, -0.25) is 0 Å². The molecule has 0 radical (unpaired) electrons. The second kappa shape index (κ2) is 5.17. The van der Waals surface area contributed by atoms with Crippen molar-refractivity contribution < 1.29 is 9.90 Å². The summed E-state index contributed by atoms with van der Waals surface area (Å²) in [7, 11) is 0. The van der Waals surface area contributed by atoms with Crippen molar-refractivity contribution in [3.63, 3.8) is 0 Å². The molecule has 0 fully saturated rings. The Morgan fingerprint density at radius 2 is 1.41 bits per heavy atom. The van der Waals surface area contributed by atoms with Crippen LogP contribution in [0.1, 0.15) is 15.9 Å². The van der Waals surface area contributed by atoms with Crippen molar-refractivity contribution in [2.75, 3.05) is 0 Å².